The molecule has 1 N–H and O–H groups in total. The highest BCUT2D eigenvalue weighted by Gasteiger charge is 2.44. The van der Waals surface area contributed by atoms with Crippen molar-refractivity contribution in [2.45, 2.75) is 24.8 Å². The number of rotatable bonds is 3. The second kappa shape index (κ2) is 6.75. The fourth-order valence-corrected chi connectivity index (χ4v) is 4.76. The van der Waals surface area contributed by atoms with E-state index < -0.39 is 11.6 Å². The summed E-state index contributed by atoms with van der Waals surface area (Å²) in [6.45, 7) is 2.05. The van der Waals surface area contributed by atoms with Crippen LogP contribution in [0.3, 0.4) is 0 Å². The minimum absolute atomic E-state index is 0.0181. The second-order valence-electron chi connectivity index (χ2n) is 8.10. The van der Waals surface area contributed by atoms with Gasteiger partial charge in [-0.05, 0) is 40.8 Å². The van der Waals surface area contributed by atoms with Gasteiger partial charge < -0.3 is 9.84 Å². The molecule has 4 nitrogen and oxygen atoms in total. The third-order valence-electron chi connectivity index (χ3n) is 6.20. The smallest absolute Gasteiger partial charge is 0.414 e. The van der Waals surface area contributed by atoms with Gasteiger partial charge in [0.05, 0.1) is 17.8 Å². The lowest BCUT2D eigenvalue weighted by Crippen LogP contribution is -2.51. The van der Waals surface area contributed by atoms with Crippen LogP contribution in [0.5, 0.6) is 0 Å². The van der Waals surface area contributed by atoms with Crippen LogP contribution in [0.15, 0.2) is 72.8 Å². The fraction of sp³-hybridized carbons (Fsp3) is 0.240. The van der Waals surface area contributed by atoms with Crippen molar-refractivity contribution in [3.8, 4) is 11.1 Å². The Kier molecular flexibility index (Phi) is 4.18. The van der Waals surface area contributed by atoms with Crippen LogP contribution in [0, 0.1) is 0 Å². The van der Waals surface area contributed by atoms with Gasteiger partial charge in [0.15, 0.2) is 0 Å². The van der Waals surface area contributed by atoms with E-state index in [9.17, 15) is 9.90 Å². The highest BCUT2D eigenvalue weighted by Crippen LogP contribution is 2.45. The Morgan fingerprint density at radius 3 is 2.24 bits per heavy atom. The zero-order valence-electron chi connectivity index (χ0n) is 16.3. The molecule has 0 fully saturated rings. The number of aliphatic hydroxyl groups is 1. The van der Waals surface area contributed by atoms with Crippen LogP contribution in [-0.4, -0.2) is 30.0 Å². The van der Waals surface area contributed by atoms with Crippen LogP contribution in [0.4, 0.5) is 10.5 Å². The Morgan fingerprint density at radius 1 is 1.00 bits per heavy atom. The first kappa shape index (κ1) is 18.0. The average molecular weight is 385 g/mol. The van der Waals surface area contributed by atoms with Gasteiger partial charge in [-0.1, -0.05) is 66.7 Å². The number of anilines is 1. The zero-order valence-corrected chi connectivity index (χ0v) is 16.3. The van der Waals surface area contributed by atoms with E-state index in [-0.39, 0.29) is 19.1 Å². The molecule has 0 aromatic heterocycles. The van der Waals surface area contributed by atoms with E-state index in [0.717, 1.165) is 11.3 Å². The van der Waals surface area contributed by atoms with Crippen LogP contribution in [0.1, 0.15) is 29.5 Å². The standard InChI is InChI=1S/C25H23NO3/c1-25(16-27)14-17-8-2-7-13-23(17)26(25)24(28)29-15-22-20-11-5-3-9-18(20)19-10-4-6-12-21(19)22/h2-13,22,27H,14-16H2,1H3. The van der Waals surface area contributed by atoms with Crippen molar-refractivity contribution < 1.29 is 14.6 Å². The minimum atomic E-state index is -0.688. The number of fused-ring (bicyclic) bond motifs is 4. The number of carbonyl (C=O) groups excluding carboxylic acids is 1. The van der Waals surface area contributed by atoms with E-state index in [1.807, 2.05) is 55.5 Å². The lowest BCUT2D eigenvalue weighted by molar-refractivity contribution is 0.134. The highest BCUT2D eigenvalue weighted by molar-refractivity contribution is 5.92. The average Bonchev–Trinajstić information content (AvgIpc) is 3.24. The van der Waals surface area contributed by atoms with Crippen LogP contribution in [-0.2, 0) is 11.2 Å². The summed E-state index contributed by atoms with van der Waals surface area (Å²) in [6, 6.07) is 24.4. The van der Waals surface area contributed by atoms with Gasteiger partial charge in [-0.15, -0.1) is 0 Å². The summed E-state index contributed by atoms with van der Waals surface area (Å²) in [5.74, 6) is 0.0181. The molecule has 3 aromatic carbocycles. The van der Waals surface area contributed by atoms with Gasteiger partial charge in [0, 0.05) is 12.3 Å². The van der Waals surface area contributed by atoms with Gasteiger partial charge in [-0.2, -0.15) is 0 Å². The number of amides is 1. The molecule has 4 heteroatoms. The lowest BCUT2D eigenvalue weighted by Gasteiger charge is -2.33. The van der Waals surface area contributed by atoms with Crippen molar-refractivity contribution >= 4 is 11.8 Å². The summed E-state index contributed by atoms with van der Waals surface area (Å²) in [5, 5.41) is 10.0. The number of nitrogens with zero attached hydrogens (tertiary/aromatic N) is 1. The minimum Gasteiger partial charge on any atom is -0.448 e. The second-order valence-corrected chi connectivity index (χ2v) is 8.10. The van der Waals surface area contributed by atoms with Gasteiger partial charge in [-0.25, -0.2) is 4.79 Å². The molecule has 3 aromatic rings. The Hall–Kier alpha value is -3.11. The molecule has 2 aliphatic rings. The highest BCUT2D eigenvalue weighted by atomic mass is 16.6. The summed E-state index contributed by atoms with van der Waals surface area (Å²) < 4.78 is 5.85. The van der Waals surface area contributed by atoms with Crippen molar-refractivity contribution in [1.82, 2.24) is 0 Å². The van der Waals surface area contributed by atoms with Crippen molar-refractivity contribution in [3.63, 3.8) is 0 Å². The number of hydrogen-bond donors (Lipinski definition) is 1. The summed E-state index contributed by atoms with van der Waals surface area (Å²) >= 11 is 0. The molecule has 29 heavy (non-hydrogen) atoms. The monoisotopic (exact) mass is 385 g/mol. The topological polar surface area (TPSA) is 49.8 Å². The lowest BCUT2D eigenvalue weighted by atomic mass is 9.98. The molecule has 0 bridgehead atoms. The SMILES string of the molecule is CC1(CO)Cc2ccccc2N1C(=O)OCC1c2ccccc2-c2ccccc21. The molecule has 1 amide bonds. The molecular formula is C25H23NO3. The number of hydrogen-bond acceptors (Lipinski definition) is 3. The molecular weight excluding hydrogens is 362 g/mol. The molecule has 0 saturated carbocycles. The summed E-state index contributed by atoms with van der Waals surface area (Å²) in [7, 11) is 0. The molecule has 0 spiro atoms. The number of para-hydroxylation sites is 1. The largest absolute Gasteiger partial charge is 0.448 e. The van der Waals surface area contributed by atoms with E-state index in [4.69, 9.17) is 4.74 Å². The fourth-order valence-electron chi connectivity index (χ4n) is 4.76. The first-order chi connectivity index (χ1) is 14.1. The summed E-state index contributed by atoms with van der Waals surface area (Å²) in [4.78, 5) is 14.8. The molecule has 5 rings (SSSR count). The van der Waals surface area contributed by atoms with Crippen molar-refractivity contribution in [2.75, 3.05) is 18.1 Å². The molecule has 0 saturated heterocycles. The normalized spacial score (nSPS) is 19.6. The van der Waals surface area contributed by atoms with Crippen molar-refractivity contribution in [1.29, 1.82) is 0 Å². The maximum atomic E-state index is 13.2. The molecule has 1 aliphatic heterocycles. The predicted molar refractivity (Wildman–Crippen MR) is 113 cm³/mol. The maximum absolute atomic E-state index is 13.2. The van der Waals surface area contributed by atoms with Crippen LogP contribution < -0.4 is 4.90 Å². The number of ether oxygens (including phenoxy) is 1. The van der Waals surface area contributed by atoms with E-state index in [1.54, 1.807) is 4.90 Å². The number of benzene rings is 3. The number of aliphatic hydroxyl groups excluding tert-OH is 1. The van der Waals surface area contributed by atoms with E-state index in [1.165, 1.54) is 22.3 Å². The van der Waals surface area contributed by atoms with E-state index in [0.29, 0.717) is 6.42 Å². The van der Waals surface area contributed by atoms with Gasteiger partial charge in [0.1, 0.15) is 6.61 Å². The van der Waals surface area contributed by atoms with Gasteiger partial charge >= 0.3 is 6.09 Å². The first-order valence-corrected chi connectivity index (χ1v) is 9.96. The first-order valence-electron chi connectivity index (χ1n) is 9.96. The van der Waals surface area contributed by atoms with Crippen molar-refractivity contribution in [2.24, 2.45) is 0 Å². The Bertz CT molecular complexity index is 1050. The molecule has 1 heterocycles. The Labute approximate surface area is 170 Å². The molecule has 0 radical (unpaired) electrons. The molecule has 1 atom stereocenters. The molecule has 146 valence electrons. The maximum Gasteiger partial charge on any atom is 0.414 e. The zero-order chi connectivity index (χ0) is 20.0. The predicted octanol–water partition coefficient (Wildman–Crippen LogP) is 4.75. The van der Waals surface area contributed by atoms with Gasteiger partial charge in [0.2, 0.25) is 0 Å². The van der Waals surface area contributed by atoms with E-state index >= 15 is 0 Å². The Balaban J connectivity index is 1.43. The molecule has 1 unspecified atom stereocenters. The van der Waals surface area contributed by atoms with Crippen LogP contribution >= 0.6 is 0 Å². The summed E-state index contributed by atoms with van der Waals surface area (Å²) in [5.41, 5.74) is 5.97. The quantitative estimate of drug-likeness (QED) is 0.708. The van der Waals surface area contributed by atoms with E-state index in [2.05, 4.69) is 24.3 Å². The third-order valence-corrected chi connectivity index (χ3v) is 6.20. The van der Waals surface area contributed by atoms with Gasteiger partial charge in [0.25, 0.3) is 0 Å². The van der Waals surface area contributed by atoms with Crippen LogP contribution in [0.2, 0.25) is 0 Å². The third kappa shape index (κ3) is 2.75. The van der Waals surface area contributed by atoms with Crippen LogP contribution in [0.25, 0.3) is 11.1 Å². The van der Waals surface area contributed by atoms with Gasteiger partial charge in [-0.3, -0.25) is 4.90 Å². The Morgan fingerprint density at radius 2 is 1.59 bits per heavy atom. The molecule has 1 aliphatic carbocycles. The van der Waals surface area contributed by atoms with Crippen molar-refractivity contribution in [3.05, 3.63) is 89.5 Å². The number of carbonyl (C=O) groups is 1. The summed E-state index contributed by atoms with van der Waals surface area (Å²) in [6.07, 6.45) is 0.206.